The number of allylic oxidation sites excluding steroid dienone is 1. The largest absolute Gasteiger partial charge is 0.496 e. The Morgan fingerprint density at radius 3 is 2.66 bits per heavy atom. The van der Waals surface area contributed by atoms with Gasteiger partial charge in [0.2, 0.25) is 11.9 Å². The van der Waals surface area contributed by atoms with Gasteiger partial charge in [0.1, 0.15) is 11.7 Å². The number of rotatable bonds is 7. The van der Waals surface area contributed by atoms with Crippen molar-refractivity contribution in [3.8, 4) is 5.75 Å². The minimum absolute atomic E-state index is 0.0332. The van der Waals surface area contributed by atoms with Gasteiger partial charge in [-0.1, -0.05) is 18.2 Å². The number of amides is 1. The summed E-state index contributed by atoms with van der Waals surface area (Å²) >= 11 is 0. The van der Waals surface area contributed by atoms with Crippen LogP contribution in [0.1, 0.15) is 17.9 Å². The predicted molar refractivity (Wildman–Crippen MR) is 125 cm³/mol. The number of primary amides is 1. The number of nitrogens with two attached hydrogens (primary N) is 1. The van der Waals surface area contributed by atoms with Crippen LogP contribution in [0.25, 0.3) is 0 Å². The van der Waals surface area contributed by atoms with Crippen LogP contribution in [0.15, 0.2) is 36.5 Å². The van der Waals surface area contributed by atoms with Crippen molar-refractivity contribution in [1.29, 1.82) is 0 Å². The van der Waals surface area contributed by atoms with Crippen LogP contribution in [0.5, 0.6) is 5.75 Å². The molecule has 2 aromatic rings. The Balaban J connectivity index is 1.37. The topological polar surface area (TPSA) is 148 Å². The molecule has 4 atom stereocenters. The zero-order valence-corrected chi connectivity index (χ0v) is 19.0. The number of fused-ring (bicyclic) bond motifs is 2. The van der Waals surface area contributed by atoms with E-state index < -0.39 is 23.6 Å². The number of hydrogen-bond donors (Lipinski definition) is 4. The first kappa shape index (κ1) is 22.9. The van der Waals surface area contributed by atoms with E-state index in [9.17, 15) is 18.8 Å². The van der Waals surface area contributed by atoms with Crippen LogP contribution >= 0.6 is 0 Å². The van der Waals surface area contributed by atoms with Crippen LogP contribution in [0.4, 0.5) is 21.8 Å². The van der Waals surface area contributed by atoms with E-state index in [0.717, 1.165) is 12.6 Å². The van der Waals surface area contributed by atoms with Gasteiger partial charge in [0.25, 0.3) is 0 Å². The number of ether oxygens (including phenoxy) is 1. The summed E-state index contributed by atoms with van der Waals surface area (Å²) in [6, 6.07) is 4.60. The average molecular weight is 481 g/mol. The summed E-state index contributed by atoms with van der Waals surface area (Å²) in [7, 11) is 1.45. The SMILES string of the molecule is COc1cc(Nc2ncc(F)c(NC3C4C=CC(C4)C3C(N)=O)n2)ccc1C1C(=O)CNCC1=O. The molecular formula is C24H25FN6O4. The highest BCUT2D eigenvalue weighted by atomic mass is 19.1. The first-order valence-electron chi connectivity index (χ1n) is 11.3. The predicted octanol–water partition coefficient (Wildman–Crippen LogP) is 1.28. The monoisotopic (exact) mass is 480 g/mol. The Bertz CT molecular complexity index is 1220. The lowest BCUT2D eigenvalue weighted by Crippen LogP contribution is -2.43. The Hall–Kier alpha value is -3.86. The zero-order valence-electron chi connectivity index (χ0n) is 19.0. The molecule has 4 unspecified atom stereocenters. The Morgan fingerprint density at radius 2 is 1.94 bits per heavy atom. The van der Waals surface area contributed by atoms with E-state index in [1.54, 1.807) is 18.2 Å². The molecule has 182 valence electrons. The molecule has 2 fully saturated rings. The molecule has 3 aliphatic rings. The minimum atomic E-state index is -0.882. The van der Waals surface area contributed by atoms with Gasteiger partial charge in [-0.3, -0.25) is 14.4 Å². The van der Waals surface area contributed by atoms with E-state index >= 15 is 0 Å². The van der Waals surface area contributed by atoms with Gasteiger partial charge >= 0.3 is 0 Å². The number of nitrogens with zero attached hydrogens (tertiary/aromatic N) is 2. The molecule has 11 heteroatoms. The van der Waals surface area contributed by atoms with Crippen molar-refractivity contribution >= 4 is 34.9 Å². The van der Waals surface area contributed by atoms with E-state index in [2.05, 4.69) is 25.9 Å². The summed E-state index contributed by atoms with van der Waals surface area (Å²) in [5, 5.41) is 8.84. The Morgan fingerprint density at radius 1 is 1.20 bits per heavy atom. The third kappa shape index (κ3) is 4.23. The fourth-order valence-electron chi connectivity index (χ4n) is 5.29. The van der Waals surface area contributed by atoms with Crippen molar-refractivity contribution in [1.82, 2.24) is 15.3 Å². The van der Waals surface area contributed by atoms with Gasteiger partial charge in [-0.2, -0.15) is 4.98 Å². The average Bonchev–Trinajstić information content (AvgIpc) is 3.43. The fraction of sp³-hybridized carbons (Fsp3) is 0.375. The number of methoxy groups -OCH3 is 1. The van der Waals surface area contributed by atoms with Crippen LogP contribution in [0.2, 0.25) is 0 Å². The summed E-state index contributed by atoms with van der Waals surface area (Å²) in [6.07, 6.45) is 5.84. The maximum Gasteiger partial charge on any atom is 0.229 e. The van der Waals surface area contributed by atoms with Crippen molar-refractivity contribution in [2.75, 3.05) is 30.8 Å². The van der Waals surface area contributed by atoms with E-state index in [4.69, 9.17) is 10.5 Å². The van der Waals surface area contributed by atoms with Gasteiger partial charge in [0.05, 0.1) is 32.3 Å². The number of nitrogens with one attached hydrogen (secondary N) is 3. The molecule has 2 heterocycles. The van der Waals surface area contributed by atoms with Gasteiger partial charge in [0, 0.05) is 23.4 Å². The molecule has 5 N–H and O–H groups in total. The first-order valence-corrected chi connectivity index (χ1v) is 11.3. The van der Waals surface area contributed by atoms with Crippen LogP contribution in [-0.4, -0.2) is 53.7 Å². The summed E-state index contributed by atoms with van der Waals surface area (Å²) in [4.78, 5) is 44.9. The number of halogens is 1. The van der Waals surface area contributed by atoms with E-state index in [0.29, 0.717) is 17.0 Å². The maximum absolute atomic E-state index is 14.5. The number of hydrogen-bond acceptors (Lipinski definition) is 9. The molecule has 0 spiro atoms. The number of benzene rings is 1. The van der Waals surface area contributed by atoms with Crippen LogP contribution < -0.4 is 26.4 Å². The quantitative estimate of drug-likeness (QED) is 0.340. The summed E-state index contributed by atoms with van der Waals surface area (Å²) < 4.78 is 20.0. The van der Waals surface area contributed by atoms with E-state index in [-0.39, 0.29) is 54.3 Å². The molecule has 5 rings (SSSR count). The first-order chi connectivity index (χ1) is 16.9. The molecular weight excluding hydrogens is 455 g/mol. The maximum atomic E-state index is 14.5. The minimum Gasteiger partial charge on any atom is -0.496 e. The highest BCUT2D eigenvalue weighted by molar-refractivity contribution is 6.11. The molecule has 0 radical (unpaired) electrons. The number of aromatic nitrogens is 2. The lowest BCUT2D eigenvalue weighted by molar-refractivity contribution is -0.130. The normalized spacial score (nSPS) is 25.7. The summed E-state index contributed by atoms with van der Waals surface area (Å²) in [5.41, 5.74) is 6.61. The molecule has 1 saturated carbocycles. The molecule has 35 heavy (non-hydrogen) atoms. The van der Waals surface area contributed by atoms with Gasteiger partial charge in [-0.15, -0.1) is 0 Å². The summed E-state index contributed by atoms with van der Waals surface area (Å²) in [6.45, 7) is 0.238. The smallest absolute Gasteiger partial charge is 0.229 e. The second-order valence-electron chi connectivity index (χ2n) is 8.99. The molecule has 1 aromatic carbocycles. The number of piperidine rings is 1. The van der Waals surface area contributed by atoms with Crippen molar-refractivity contribution in [2.24, 2.45) is 23.5 Å². The molecule has 1 aromatic heterocycles. The number of Topliss-reactive ketones (excluding diaryl/α,β-unsaturated/α-hetero) is 2. The number of anilines is 3. The lowest BCUT2D eigenvalue weighted by atomic mass is 9.87. The Kier molecular flexibility index (Phi) is 5.93. The van der Waals surface area contributed by atoms with Gasteiger partial charge in [-0.25, -0.2) is 9.37 Å². The van der Waals surface area contributed by atoms with Crippen LogP contribution in [-0.2, 0) is 14.4 Å². The zero-order chi connectivity index (χ0) is 24.7. The van der Waals surface area contributed by atoms with Crippen molar-refractivity contribution in [3.63, 3.8) is 0 Å². The van der Waals surface area contributed by atoms with Crippen LogP contribution in [0.3, 0.4) is 0 Å². The highest BCUT2D eigenvalue weighted by Crippen LogP contribution is 2.45. The fourth-order valence-corrected chi connectivity index (χ4v) is 5.29. The van der Waals surface area contributed by atoms with E-state index in [1.807, 2.05) is 12.2 Å². The Labute approximate surface area is 200 Å². The molecule has 1 amide bonds. The standard InChI is InChI=1S/C24H25FN6O4/c1-35-18-7-13(4-5-14(18)20-16(32)9-27-10-17(20)33)29-24-28-8-15(25)23(31-24)30-21-12-3-2-11(6-12)19(21)22(26)34/h2-5,7-8,11-12,19-21,27H,6,9-10H2,1H3,(H2,26,34)(H2,28,29,30,31). The number of carbonyl (C=O) groups excluding carboxylic acids is 3. The lowest BCUT2D eigenvalue weighted by Gasteiger charge is -2.27. The second-order valence-corrected chi connectivity index (χ2v) is 8.99. The molecule has 2 aliphatic carbocycles. The van der Waals surface area contributed by atoms with Gasteiger partial charge in [0.15, 0.2) is 23.2 Å². The van der Waals surface area contributed by atoms with Gasteiger partial charge in [-0.05, 0) is 24.3 Å². The third-order valence-corrected chi connectivity index (χ3v) is 6.88. The van der Waals surface area contributed by atoms with Crippen molar-refractivity contribution < 1.29 is 23.5 Å². The molecule has 1 saturated heterocycles. The highest BCUT2D eigenvalue weighted by Gasteiger charge is 2.47. The molecule has 1 aliphatic heterocycles. The summed E-state index contributed by atoms with van der Waals surface area (Å²) in [5.74, 6) is -2.28. The number of ketones is 2. The second kappa shape index (κ2) is 9.06. The molecule has 2 bridgehead atoms. The van der Waals surface area contributed by atoms with Crippen molar-refractivity contribution in [2.45, 2.75) is 18.4 Å². The van der Waals surface area contributed by atoms with Gasteiger partial charge < -0.3 is 26.4 Å². The van der Waals surface area contributed by atoms with Crippen LogP contribution in [0, 0.1) is 23.6 Å². The number of carbonyl (C=O) groups is 3. The molecule has 10 nitrogen and oxygen atoms in total. The van der Waals surface area contributed by atoms with E-state index in [1.165, 1.54) is 7.11 Å². The third-order valence-electron chi connectivity index (χ3n) is 6.88. The van der Waals surface area contributed by atoms with Crippen molar-refractivity contribution in [3.05, 3.63) is 47.9 Å².